The van der Waals surface area contributed by atoms with Gasteiger partial charge in [-0.1, -0.05) is 0 Å². The smallest absolute Gasteiger partial charge is 0.311 e. The van der Waals surface area contributed by atoms with Crippen molar-refractivity contribution < 1.29 is 43.2 Å². The third-order valence-corrected chi connectivity index (χ3v) is 4.18. The summed E-state index contributed by atoms with van der Waals surface area (Å²) in [6.07, 6.45) is -5.23. The predicted octanol–water partition coefficient (Wildman–Crippen LogP) is 0.687. The van der Waals surface area contributed by atoms with Gasteiger partial charge < -0.3 is 29.4 Å². The van der Waals surface area contributed by atoms with Crippen molar-refractivity contribution in [3.63, 3.8) is 0 Å². The minimum absolute atomic E-state index is 0.361. The Morgan fingerprint density at radius 3 is 1.87 bits per heavy atom. The van der Waals surface area contributed by atoms with Crippen molar-refractivity contribution in [2.45, 2.75) is 86.0 Å². The van der Waals surface area contributed by atoms with Crippen molar-refractivity contribution in [2.75, 3.05) is 6.61 Å². The zero-order valence-electron chi connectivity index (χ0n) is 18.8. The van der Waals surface area contributed by atoms with Gasteiger partial charge in [0, 0.05) is 13.8 Å². The average molecular weight is 431 g/mol. The molecule has 10 nitrogen and oxygen atoms in total. The van der Waals surface area contributed by atoms with E-state index in [0.717, 1.165) is 6.92 Å². The van der Waals surface area contributed by atoms with Crippen molar-refractivity contribution in [3.05, 3.63) is 0 Å². The number of ether oxygens (including phenoxy) is 4. The van der Waals surface area contributed by atoms with Gasteiger partial charge in [0.05, 0.1) is 10.8 Å². The lowest BCUT2D eigenvalue weighted by atomic mass is 9.94. The number of hydrogen-bond acceptors (Lipinski definition) is 9. The standard InChI is InChI=1S/C20H33NO9/c1-10(22)21-13-15(28-11(2)23)14(30-18(26)20(6,7)8)12(29-16(13)24)9-27-17(25)19(3,4)5/h12-16,24H,9H2,1-8H3,(H,21,22)/t12-,13-,14+,15-,16+/m1/s1. The number of hydrogen-bond donors (Lipinski definition) is 2. The van der Waals surface area contributed by atoms with Gasteiger partial charge in [0.2, 0.25) is 5.91 Å². The molecule has 30 heavy (non-hydrogen) atoms. The van der Waals surface area contributed by atoms with Crippen LogP contribution in [0.3, 0.4) is 0 Å². The largest absolute Gasteiger partial charge is 0.462 e. The maximum atomic E-state index is 12.5. The summed E-state index contributed by atoms with van der Waals surface area (Å²) >= 11 is 0. The molecule has 1 saturated heterocycles. The minimum atomic E-state index is -1.60. The maximum absolute atomic E-state index is 12.5. The van der Waals surface area contributed by atoms with E-state index in [-0.39, 0.29) is 6.61 Å². The second kappa shape index (κ2) is 9.74. The van der Waals surface area contributed by atoms with Crippen LogP contribution in [0.15, 0.2) is 0 Å². The Labute approximate surface area is 176 Å². The maximum Gasteiger partial charge on any atom is 0.311 e. The van der Waals surface area contributed by atoms with Crippen molar-refractivity contribution in [3.8, 4) is 0 Å². The predicted molar refractivity (Wildman–Crippen MR) is 104 cm³/mol. The number of esters is 3. The van der Waals surface area contributed by atoms with Gasteiger partial charge in [0.1, 0.15) is 18.8 Å². The molecular formula is C20H33NO9. The van der Waals surface area contributed by atoms with Crippen LogP contribution < -0.4 is 5.32 Å². The van der Waals surface area contributed by atoms with Crippen molar-refractivity contribution in [1.82, 2.24) is 5.32 Å². The highest BCUT2D eigenvalue weighted by Gasteiger charge is 2.51. The van der Waals surface area contributed by atoms with E-state index in [0.29, 0.717) is 0 Å². The second-order valence-corrected chi connectivity index (χ2v) is 9.33. The fraction of sp³-hybridized carbons (Fsp3) is 0.800. The van der Waals surface area contributed by atoms with Gasteiger partial charge >= 0.3 is 17.9 Å². The third kappa shape index (κ3) is 7.24. The molecule has 0 aliphatic carbocycles. The van der Waals surface area contributed by atoms with E-state index in [1.807, 2.05) is 0 Å². The van der Waals surface area contributed by atoms with Crippen molar-refractivity contribution in [1.29, 1.82) is 0 Å². The number of amides is 1. The quantitative estimate of drug-likeness (QED) is 0.475. The first-order chi connectivity index (χ1) is 13.5. The molecule has 0 unspecified atom stereocenters. The Morgan fingerprint density at radius 1 is 0.900 bits per heavy atom. The van der Waals surface area contributed by atoms with E-state index in [1.165, 1.54) is 6.92 Å². The Balaban J connectivity index is 3.25. The third-order valence-electron chi connectivity index (χ3n) is 4.18. The second-order valence-electron chi connectivity index (χ2n) is 9.33. The van der Waals surface area contributed by atoms with Gasteiger partial charge in [-0.15, -0.1) is 0 Å². The summed E-state index contributed by atoms with van der Waals surface area (Å²) in [4.78, 5) is 48.0. The number of carbonyl (C=O) groups is 4. The van der Waals surface area contributed by atoms with Gasteiger partial charge in [-0.05, 0) is 41.5 Å². The Bertz CT molecular complexity index is 662. The molecule has 1 fully saturated rings. The van der Waals surface area contributed by atoms with E-state index in [1.54, 1.807) is 41.5 Å². The zero-order valence-corrected chi connectivity index (χ0v) is 18.8. The Morgan fingerprint density at radius 2 is 1.43 bits per heavy atom. The van der Waals surface area contributed by atoms with Crippen LogP contribution in [-0.4, -0.2) is 66.2 Å². The molecule has 0 radical (unpaired) electrons. The number of aliphatic hydroxyl groups is 1. The molecule has 0 aromatic carbocycles. The van der Waals surface area contributed by atoms with Crippen LogP contribution in [0.2, 0.25) is 0 Å². The van der Waals surface area contributed by atoms with Crippen LogP contribution in [0.25, 0.3) is 0 Å². The number of aliphatic hydroxyl groups excluding tert-OH is 1. The fourth-order valence-corrected chi connectivity index (χ4v) is 2.59. The van der Waals surface area contributed by atoms with Crippen LogP contribution in [0.4, 0.5) is 0 Å². The van der Waals surface area contributed by atoms with E-state index in [2.05, 4.69) is 5.32 Å². The highest BCUT2D eigenvalue weighted by atomic mass is 16.7. The van der Waals surface area contributed by atoms with Crippen molar-refractivity contribution >= 4 is 23.8 Å². The van der Waals surface area contributed by atoms with Gasteiger partial charge in [-0.2, -0.15) is 0 Å². The first-order valence-electron chi connectivity index (χ1n) is 9.70. The molecule has 172 valence electrons. The van der Waals surface area contributed by atoms with Crippen LogP contribution in [0.1, 0.15) is 55.4 Å². The molecule has 5 atom stereocenters. The van der Waals surface area contributed by atoms with E-state index in [9.17, 15) is 24.3 Å². The lowest BCUT2D eigenvalue weighted by Gasteiger charge is -2.44. The molecule has 10 heteroatoms. The molecule has 0 saturated carbocycles. The summed E-state index contributed by atoms with van der Waals surface area (Å²) in [5.74, 6) is -2.39. The highest BCUT2D eigenvalue weighted by Crippen LogP contribution is 2.29. The number of nitrogens with one attached hydrogen (secondary N) is 1. The Kier molecular flexibility index (Phi) is 8.39. The Hall–Kier alpha value is -2.20. The molecule has 0 spiro atoms. The summed E-state index contributed by atoms with van der Waals surface area (Å²) in [5.41, 5.74) is -1.69. The lowest BCUT2D eigenvalue weighted by Crippen LogP contribution is -2.66. The lowest BCUT2D eigenvalue weighted by molar-refractivity contribution is -0.267. The normalized spacial score (nSPS) is 27.0. The van der Waals surface area contributed by atoms with E-state index < -0.39 is 65.3 Å². The fourth-order valence-electron chi connectivity index (χ4n) is 2.59. The highest BCUT2D eigenvalue weighted by molar-refractivity contribution is 5.76. The number of rotatable bonds is 5. The SMILES string of the molecule is CC(=O)N[C@@H]1[C@@H](OC(C)=O)[C@@H](OC(=O)C(C)(C)C)[C@@H](COC(=O)C(C)(C)C)O[C@@H]1O. The van der Waals surface area contributed by atoms with Crippen LogP contribution in [-0.2, 0) is 38.1 Å². The van der Waals surface area contributed by atoms with Gasteiger partial charge in [-0.3, -0.25) is 19.2 Å². The van der Waals surface area contributed by atoms with E-state index >= 15 is 0 Å². The molecule has 1 heterocycles. The molecule has 1 aliphatic rings. The summed E-state index contributed by atoms with van der Waals surface area (Å²) in [7, 11) is 0. The summed E-state index contributed by atoms with van der Waals surface area (Å²) in [5, 5.41) is 12.8. The molecule has 1 rings (SSSR count). The number of carbonyl (C=O) groups excluding carboxylic acids is 4. The van der Waals surface area contributed by atoms with Gasteiger partial charge in [0.15, 0.2) is 18.5 Å². The van der Waals surface area contributed by atoms with Crippen LogP contribution in [0.5, 0.6) is 0 Å². The first-order valence-corrected chi connectivity index (χ1v) is 9.70. The summed E-state index contributed by atoms with van der Waals surface area (Å²) < 4.78 is 21.6. The van der Waals surface area contributed by atoms with Gasteiger partial charge in [0.25, 0.3) is 0 Å². The molecule has 0 aromatic heterocycles. The molecule has 1 aliphatic heterocycles. The molecule has 1 amide bonds. The topological polar surface area (TPSA) is 137 Å². The monoisotopic (exact) mass is 431 g/mol. The molecule has 0 bridgehead atoms. The van der Waals surface area contributed by atoms with E-state index in [4.69, 9.17) is 18.9 Å². The van der Waals surface area contributed by atoms with Crippen LogP contribution in [0, 0.1) is 10.8 Å². The van der Waals surface area contributed by atoms with Gasteiger partial charge in [-0.25, -0.2) is 0 Å². The minimum Gasteiger partial charge on any atom is -0.462 e. The molecule has 2 N–H and O–H groups in total. The van der Waals surface area contributed by atoms with Crippen molar-refractivity contribution in [2.24, 2.45) is 10.8 Å². The van der Waals surface area contributed by atoms with Crippen LogP contribution >= 0.6 is 0 Å². The molecule has 0 aromatic rings. The summed E-state index contributed by atoms with van der Waals surface area (Å²) in [6.45, 7) is 11.9. The molecular weight excluding hydrogens is 398 g/mol. The summed E-state index contributed by atoms with van der Waals surface area (Å²) in [6, 6.07) is -1.20. The zero-order chi connectivity index (χ0) is 23.4. The first kappa shape index (κ1) is 25.8. The average Bonchev–Trinajstić information content (AvgIpc) is 2.55.